The lowest BCUT2D eigenvalue weighted by Crippen LogP contribution is -2.27. The van der Waals surface area contributed by atoms with Crippen LogP contribution in [0, 0.1) is 13.8 Å². The summed E-state index contributed by atoms with van der Waals surface area (Å²) in [6.45, 7) is 5.43. The zero-order valence-electron chi connectivity index (χ0n) is 12.1. The second-order valence-corrected chi connectivity index (χ2v) is 4.90. The summed E-state index contributed by atoms with van der Waals surface area (Å²) in [6, 6.07) is 6.38. The molecule has 1 aromatic heterocycles. The van der Waals surface area contributed by atoms with Crippen LogP contribution in [0.15, 0.2) is 30.5 Å². The van der Waals surface area contributed by atoms with Gasteiger partial charge in [0.1, 0.15) is 11.7 Å². The molecule has 1 unspecified atom stereocenters. The predicted octanol–water partition coefficient (Wildman–Crippen LogP) is 2.40. The third kappa shape index (κ3) is 2.94. The van der Waals surface area contributed by atoms with Crippen molar-refractivity contribution < 1.29 is 14.7 Å². The standard InChI is InChI=1S/C15H17N3O3/c1-9-5-4-6-10(2)13(9)17-14(19)11(3)18-12(15(20)21)7-8-16-18/h4-8,11H,1-3H3,(H,17,19)(H,20,21). The van der Waals surface area contributed by atoms with Gasteiger partial charge in [-0.1, -0.05) is 18.2 Å². The Balaban J connectivity index is 2.24. The van der Waals surface area contributed by atoms with Gasteiger partial charge in [-0.15, -0.1) is 0 Å². The third-order valence-corrected chi connectivity index (χ3v) is 3.37. The van der Waals surface area contributed by atoms with Crippen molar-refractivity contribution in [3.05, 3.63) is 47.3 Å². The average Bonchev–Trinajstić information content (AvgIpc) is 2.91. The molecule has 1 amide bonds. The summed E-state index contributed by atoms with van der Waals surface area (Å²) in [5.74, 6) is -1.42. The number of aromatic nitrogens is 2. The number of rotatable bonds is 4. The first kappa shape index (κ1) is 14.8. The van der Waals surface area contributed by atoms with Crippen LogP contribution in [0.2, 0.25) is 0 Å². The molecule has 2 aromatic rings. The van der Waals surface area contributed by atoms with Crippen molar-refractivity contribution in [3.8, 4) is 0 Å². The Labute approximate surface area is 122 Å². The number of nitrogens with one attached hydrogen (secondary N) is 1. The molecule has 0 aliphatic heterocycles. The Bertz CT molecular complexity index is 671. The molecule has 1 aromatic carbocycles. The van der Waals surface area contributed by atoms with Crippen molar-refractivity contribution in [1.82, 2.24) is 9.78 Å². The van der Waals surface area contributed by atoms with Crippen LogP contribution in [-0.4, -0.2) is 26.8 Å². The number of carbonyl (C=O) groups is 2. The number of carboxylic acids is 1. The van der Waals surface area contributed by atoms with Crippen molar-refractivity contribution in [2.75, 3.05) is 5.32 Å². The SMILES string of the molecule is Cc1cccc(C)c1NC(=O)C(C)n1nccc1C(=O)O. The molecular weight excluding hydrogens is 270 g/mol. The van der Waals surface area contributed by atoms with Gasteiger partial charge >= 0.3 is 5.97 Å². The monoisotopic (exact) mass is 287 g/mol. The minimum atomic E-state index is -1.11. The van der Waals surface area contributed by atoms with E-state index < -0.39 is 12.0 Å². The van der Waals surface area contributed by atoms with E-state index in [1.54, 1.807) is 6.92 Å². The highest BCUT2D eigenvalue weighted by Crippen LogP contribution is 2.21. The summed E-state index contributed by atoms with van der Waals surface area (Å²) in [7, 11) is 0. The zero-order chi connectivity index (χ0) is 15.6. The van der Waals surface area contributed by atoms with Crippen molar-refractivity contribution in [1.29, 1.82) is 0 Å². The Hall–Kier alpha value is -2.63. The molecule has 6 nitrogen and oxygen atoms in total. The van der Waals surface area contributed by atoms with Crippen LogP contribution in [0.1, 0.15) is 34.6 Å². The molecule has 2 rings (SSSR count). The average molecular weight is 287 g/mol. The van der Waals surface area contributed by atoms with Gasteiger partial charge < -0.3 is 10.4 Å². The van der Waals surface area contributed by atoms with E-state index in [-0.39, 0.29) is 11.6 Å². The zero-order valence-corrected chi connectivity index (χ0v) is 12.1. The van der Waals surface area contributed by atoms with Gasteiger partial charge in [0, 0.05) is 11.9 Å². The summed E-state index contributed by atoms with van der Waals surface area (Å²) in [5, 5.41) is 15.8. The molecule has 21 heavy (non-hydrogen) atoms. The van der Waals surface area contributed by atoms with Gasteiger partial charge in [-0.3, -0.25) is 4.79 Å². The lowest BCUT2D eigenvalue weighted by Gasteiger charge is -2.17. The molecule has 0 fully saturated rings. The van der Waals surface area contributed by atoms with Gasteiger partial charge in [0.15, 0.2) is 0 Å². The van der Waals surface area contributed by atoms with E-state index in [0.717, 1.165) is 16.8 Å². The Morgan fingerprint density at radius 1 is 1.24 bits per heavy atom. The van der Waals surface area contributed by atoms with Gasteiger partial charge in [-0.25, -0.2) is 9.48 Å². The molecule has 0 aliphatic carbocycles. The number of aromatic carboxylic acids is 1. The molecular formula is C15H17N3O3. The molecule has 0 radical (unpaired) electrons. The lowest BCUT2D eigenvalue weighted by atomic mass is 10.1. The highest BCUT2D eigenvalue weighted by atomic mass is 16.4. The molecule has 0 saturated heterocycles. The van der Waals surface area contributed by atoms with E-state index in [1.165, 1.54) is 16.9 Å². The maximum atomic E-state index is 12.3. The maximum absolute atomic E-state index is 12.3. The first-order valence-corrected chi connectivity index (χ1v) is 6.55. The second-order valence-electron chi connectivity index (χ2n) is 4.90. The number of aryl methyl sites for hydroxylation is 2. The summed E-state index contributed by atoms with van der Waals surface area (Å²) in [6.07, 6.45) is 1.37. The third-order valence-electron chi connectivity index (χ3n) is 3.37. The lowest BCUT2D eigenvalue weighted by molar-refractivity contribution is -0.119. The van der Waals surface area contributed by atoms with Crippen LogP contribution < -0.4 is 5.32 Å². The number of anilines is 1. The van der Waals surface area contributed by atoms with Crippen LogP contribution in [0.3, 0.4) is 0 Å². The van der Waals surface area contributed by atoms with Crippen LogP contribution >= 0.6 is 0 Å². The molecule has 0 saturated carbocycles. The van der Waals surface area contributed by atoms with Crippen LogP contribution in [-0.2, 0) is 4.79 Å². The molecule has 0 aliphatic rings. The van der Waals surface area contributed by atoms with E-state index in [1.807, 2.05) is 32.0 Å². The fraction of sp³-hybridized carbons (Fsp3) is 0.267. The Morgan fingerprint density at radius 2 is 1.86 bits per heavy atom. The summed E-state index contributed by atoms with van der Waals surface area (Å²) < 4.78 is 1.20. The normalized spacial score (nSPS) is 12.0. The smallest absolute Gasteiger partial charge is 0.354 e. The van der Waals surface area contributed by atoms with Crippen molar-refractivity contribution >= 4 is 17.6 Å². The number of hydrogen-bond donors (Lipinski definition) is 2. The number of hydrogen-bond acceptors (Lipinski definition) is 3. The highest BCUT2D eigenvalue weighted by Gasteiger charge is 2.22. The summed E-state index contributed by atoms with van der Waals surface area (Å²) >= 11 is 0. The van der Waals surface area contributed by atoms with Crippen molar-refractivity contribution in [3.63, 3.8) is 0 Å². The van der Waals surface area contributed by atoms with Gasteiger partial charge in [0.25, 0.3) is 0 Å². The van der Waals surface area contributed by atoms with E-state index in [2.05, 4.69) is 10.4 Å². The molecule has 0 bridgehead atoms. The maximum Gasteiger partial charge on any atom is 0.354 e. The van der Waals surface area contributed by atoms with Gasteiger partial charge in [0.2, 0.25) is 5.91 Å². The highest BCUT2D eigenvalue weighted by molar-refractivity contribution is 5.95. The number of carbonyl (C=O) groups excluding carboxylic acids is 1. The summed E-state index contributed by atoms with van der Waals surface area (Å²) in [4.78, 5) is 23.4. The van der Waals surface area contributed by atoms with Crippen molar-refractivity contribution in [2.45, 2.75) is 26.8 Å². The summed E-state index contributed by atoms with van der Waals surface area (Å²) in [5.41, 5.74) is 2.64. The topological polar surface area (TPSA) is 84.2 Å². The van der Waals surface area contributed by atoms with Crippen LogP contribution in [0.25, 0.3) is 0 Å². The van der Waals surface area contributed by atoms with Gasteiger partial charge in [-0.05, 0) is 38.0 Å². The first-order valence-electron chi connectivity index (χ1n) is 6.55. The number of nitrogens with zero attached hydrogens (tertiary/aromatic N) is 2. The van der Waals surface area contributed by atoms with Crippen LogP contribution in [0.5, 0.6) is 0 Å². The molecule has 1 atom stereocenters. The second kappa shape index (κ2) is 5.78. The molecule has 0 spiro atoms. The number of para-hydroxylation sites is 1. The molecule has 2 N–H and O–H groups in total. The van der Waals surface area contributed by atoms with Crippen LogP contribution in [0.4, 0.5) is 5.69 Å². The first-order chi connectivity index (χ1) is 9.91. The fourth-order valence-corrected chi connectivity index (χ4v) is 2.14. The minimum Gasteiger partial charge on any atom is -0.477 e. The molecule has 6 heteroatoms. The van der Waals surface area contributed by atoms with Crippen molar-refractivity contribution in [2.24, 2.45) is 0 Å². The molecule has 1 heterocycles. The molecule has 110 valence electrons. The van der Waals surface area contributed by atoms with E-state index in [9.17, 15) is 9.59 Å². The van der Waals surface area contributed by atoms with Gasteiger partial charge in [-0.2, -0.15) is 5.10 Å². The van der Waals surface area contributed by atoms with E-state index in [0.29, 0.717) is 0 Å². The van der Waals surface area contributed by atoms with E-state index in [4.69, 9.17) is 5.11 Å². The van der Waals surface area contributed by atoms with Gasteiger partial charge in [0.05, 0.1) is 0 Å². The number of carboxylic acid groups (broad SMARTS) is 1. The fourth-order valence-electron chi connectivity index (χ4n) is 2.14. The largest absolute Gasteiger partial charge is 0.477 e. The Kier molecular flexibility index (Phi) is 4.07. The minimum absolute atomic E-state index is 0.0147. The number of benzene rings is 1. The van der Waals surface area contributed by atoms with E-state index >= 15 is 0 Å². The quantitative estimate of drug-likeness (QED) is 0.904. The number of amides is 1. The predicted molar refractivity (Wildman–Crippen MR) is 78.4 cm³/mol. The Morgan fingerprint density at radius 3 is 2.43 bits per heavy atom.